The van der Waals surface area contributed by atoms with Crippen molar-refractivity contribution < 1.29 is 14.6 Å². The molecular formula is C25H24ClN3O3S. The molecule has 8 heteroatoms. The van der Waals surface area contributed by atoms with Crippen molar-refractivity contribution in [2.24, 2.45) is 5.92 Å². The van der Waals surface area contributed by atoms with Gasteiger partial charge >= 0.3 is 5.97 Å². The Morgan fingerprint density at radius 3 is 2.70 bits per heavy atom. The molecule has 1 aliphatic rings. The summed E-state index contributed by atoms with van der Waals surface area (Å²) in [6.07, 6.45) is 2.91. The van der Waals surface area contributed by atoms with Gasteiger partial charge in [-0.25, -0.2) is 9.97 Å². The number of methoxy groups -OCH3 is 1. The zero-order valence-electron chi connectivity index (χ0n) is 18.2. The first kappa shape index (κ1) is 21.9. The Balaban J connectivity index is 1.49. The molecule has 0 saturated heterocycles. The molecule has 0 amide bonds. The summed E-state index contributed by atoms with van der Waals surface area (Å²) in [4.78, 5) is 21.3. The molecule has 0 spiro atoms. The van der Waals surface area contributed by atoms with E-state index < -0.39 is 5.97 Å². The molecule has 2 aromatic carbocycles. The summed E-state index contributed by atoms with van der Waals surface area (Å²) in [5.41, 5.74) is 1.98. The number of fused-ring (bicyclic) bond motifs is 3. The normalized spacial score (nSPS) is 18.5. The molecule has 0 unspecified atom stereocenters. The van der Waals surface area contributed by atoms with Gasteiger partial charge in [0, 0.05) is 22.5 Å². The number of aliphatic carboxylic acids is 1. The molecule has 33 heavy (non-hydrogen) atoms. The van der Waals surface area contributed by atoms with Gasteiger partial charge in [0.15, 0.2) is 0 Å². The number of ether oxygens (including phenoxy) is 1. The number of aromatic nitrogens is 2. The van der Waals surface area contributed by atoms with Gasteiger partial charge < -0.3 is 15.2 Å². The molecule has 170 valence electrons. The first-order chi connectivity index (χ1) is 16.0. The van der Waals surface area contributed by atoms with E-state index in [-0.39, 0.29) is 11.8 Å². The van der Waals surface area contributed by atoms with E-state index in [2.05, 4.69) is 17.4 Å². The van der Waals surface area contributed by atoms with E-state index in [0.717, 1.165) is 45.7 Å². The van der Waals surface area contributed by atoms with E-state index in [4.69, 9.17) is 26.3 Å². The molecule has 0 aliphatic heterocycles. The van der Waals surface area contributed by atoms with Crippen LogP contribution in [0.3, 0.4) is 0 Å². The highest BCUT2D eigenvalue weighted by atomic mass is 35.5. The molecule has 1 saturated carbocycles. The fourth-order valence-corrected chi connectivity index (χ4v) is 5.90. The number of rotatable bonds is 6. The highest BCUT2D eigenvalue weighted by molar-refractivity contribution is 7.26. The standard InChI is InChI=1S/C25H24ClN3O3S/c1-32-19-11-6-14(12-18(19)26)13-27-24-22-21(17-4-2-3-5-20(17)33-22)28-23(29-24)15-7-9-16(10-8-15)25(30)31/h2-6,11-12,15-16H,7-10,13H2,1H3,(H,30,31)(H,27,28,29). The zero-order chi connectivity index (χ0) is 22.9. The Kier molecular flexibility index (Phi) is 6.08. The molecule has 0 radical (unpaired) electrons. The van der Waals surface area contributed by atoms with E-state index in [1.807, 2.05) is 30.3 Å². The maximum Gasteiger partial charge on any atom is 0.306 e. The van der Waals surface area contributed by atoms with Gasteiger partial charge in [-0.05, 0) is 49.4 Å². The van der Waals surface area contributed by atoms with Crippen LogP contribution in [0.4, 0.5) is 5.82 Å². The van der Waals surface area contributed by atoms with Crippen molar-refractivity contribution in [3.05, 3.63) is 58.9 Å². The highest BCUT2D eigenvalue weighted by Gasteiger charge is 2.29. The van der Waals surface area contributed by atoms with Crippen molar-refractivity contribution in [1.82, 2.24) is 9.97 Å². The molecule has 2 N–H and O–H groups in total. The van der Waals surface area contributed by atoms with Crippen LogP contribution < -0.4 is 10.1 Å². The van der Waals surface area contributed by atoms with Crippen LogP contribution in [-0.4, -0.2) is 28.2 Å². The monoisotopic (exact) mass is 481 g/mol. The van der Waals surface area contributed by atoms with E-state index in [1.165, 1.54) is 4.70 Å². The van der Waals surface area contributed by atoms with Gasteiger partial charge in [0.2, 0.25) is 0 Å². The summed E-state index contributed by atoms with van der Waals surface area (Å²) in [6.45, 7) is 0.565. The van der Waals surface area contributed by atoms with Gasteiger partial charge in [-0.15, -0.1) is 11.3 Å². The number of nitrogens with zero attached hydrogens (tertiary/aromatic N) is 2. The molecule has 2 aromatic heterocycles. The van der Waals surface area contributed by atoms with Crippen molar-refractivity contribution in [3.63, 3.8) is 0 Å². The molecule has 5 rings (SSSR count). The number of carboxylic acids is 1. The minimum absolute atomic E-state index is 0.166. The lowest BCUT2D eigenvalue weighted by molar-refractivity contribution is -0.142. The number of carboxylic acid groups (broad SMARTS) is 1. The van der Waals surface area contributed by atoms with Gasteiger partial charge in [0.05, 0.1) is 28.3 Å². The molecule has 1 fully saturated rings. The van der Waals surface area contributed by atoms with E-state index >= 15 is 0 Å². The van der Waals surface area contributed by atoms with Crippen LogP contribution in [-0.2, 0) is 11.3 Å². The SMILES string of the molecule is COc1ccc(CNc2nc(C3CCC(C(=O)O)CC3)nc3c2sc2ccccc23)cc1Cl. The van der Waals surface area contributed by atoms with Crippen molar-refractivity contribution in [2.45, 2.75) is 38.1 Å². The third-order valence-electron chi connectivity index (χ3n) is 6.35. The van der Waals surface area contributed by atoms with Gasteiger partial charge in [0.1, 0.15) is 17.4 Å². The largest absolute Gasteiger partial charge is 0.495 e. The molecule has 2 heterocycles. The Hall–Kier alpha value is -2.90. The Morgan fingerprint density at radius 2 is 1.97 bits per heavy atom. The van der Waals surface area contributed by atoms with E-state index in [1.54, 1.807) is 18.4 Å². The van der Waals surface area contributed by atoms with Crippen LogP contribution in [0.2, 0.25) is 5.02 Å². The summed E-state index contributed by atoms with van der Waals surface area (Å²) in [6, 6.07) is 14.0. The average molecular weight is 482 g/mol. The van der Waals surface area contributed by atoms with Crippen molar-refractivity contribution in [1.29, 1.82) is 0 Å². The number of thiophene rings is 1. The van der Waals surface area contributed by atoms with E-state index in [9.17, 15) is 9.90 Å². The lowest BCUT2D eigenvalue weighted by atomic mass is 9.81. The second-order valence-electron chi connectivity index (χ2n) is 8.42. The molecule has 1 aliphatic carbocycles. The number of carbonyl (C=O) groups is 1. The number of benzene rings is 2. The third-order valence-corrected chi connectivity index (χ3v) is 7.82. The summed E-state index contributed by atoms with van der Waals surface area (Å²) in [5.74, 6) is 1.46. The number of anilines is 1. The Labute approximate surface area is 200 Å². The van der Waals surface area contributed by atoms with Crippen LogP contribution >= 0.6 is 22.9 Å². The van der Waals surface area contributed by atoms with Gasteiger partial charge in [-0.1, -0.05) is 35.9 Å². The maximum atomic E-state index is 11.4. The fourth-order valence-electron chi connectivity index (χ4n) is 4.51. The quantitative estimate of drug-likeness (QED) is 0.328. The van der Waals surface area contributed by atoms with Crippen LogP contribution in [0.25, 0.3) is 20.3 Å². The van der Waals surface area contributed by atoms with Crippen LogP contribution in [0.1, 0.15) is 43.0 Å². The van der Waals surface area contributed by atoms with Crippen LogP contribution in [0.15, 0.2) is 42.5 Å². The lowest BCUT2D eigenvalue weighted by Crippen LogP contribution is -2.21. The van der Waals surface area contributed by atoms with Crippen molar-refractivity contribution in [3.8, 4) is 5.75 Å². The summed E-state index contributed by atoms with van der Waals surface area (Å²) in [7, 11) is 1.60. The minimum atomic E-state index is -0.700. The van der Waals surface area contributed by atoms with Crippen molar-refractivity contribution >= 4 is 55.0 Å². The highest BCUT2D eigenvalue weighted by Crippen LogP contribution is 2.40. The molecule has 6 nitrogen and oxygen atoms in total. The van der Waals surface area contributed by atoms with Gasteiger partial charge in [-0.2, -0.15) is 0 Å². The second-order valence-corrected chi connectivity index (χ2v) is 9.88. The number of halogens is 1. The average Bonchev–Trinajstić information content (AvgIpc) is 3.21. The molecule has 0 atom stereocenters. The van der Waals surface area contributed by atoms with E-state index in [0.29, 0.717) is 30.2 Å². The second kappa shape index (κ2) is 9.15. The maximum absolute atomic E-state index is 11.4. The minimum Gasteiger partial charge on any atom is -0.495 e. The van der Waals surface area contributed by atoms with Crippen molar-refractivity contribution in [2.75, 3.05) is 12.4 Å². The third kappa shape index (κ3) is 4.35. The summed E-state index contributed by atoms with van der Waals surface area (Å²) in [5, 5.41) is 14.5. The predicted molar refractivity (Wildman–Crippen MR) is 133 cm³/mol. The van der Waals surface area contributed by atoms with Gasteiger partial charge in [0.25, 0.3) is 0 Å². The predicted octanol–water partition coefficient (Wildman–Crippen LogP) is 6.48. The topological polar surface area (TPSA) is 84.3 Å². The number of hydrogen-bond donors (Lipinski definition) is 2. The number of hydrogen-bond acceptors (Lipinski definition) is 6. The van der Waals surface area contributed by atoms with Crippen LogP contribution in [0.5, 0.6) is 5.75 Å². The molecule has 0 bridgehead atoms. The Morgan fingerprint density at radius 1 is 1.18 bits per heavy atom. The fraction of sp³-hybridized carbons (Fsp3) is 0.320. The molecular weight excluding hydrogens is 458 g/mol. The summed E-state index contributed by atoms with van der Waals surface area (Å²) >= 11 is 7.98. The molecule has 4 aromatic rings. The first-order valence-electron chi connectivity index (χ1n) is 11.0. The van der Waals surface area contributed by atoms with Crippen LogP contribution in [0, 0.1) is 5.92 Å². The Bertz CT molecular complexity index is 1330. The number of nitrogens with one attached hydrogen (secondary N) is 1. The first-order valence-corrected chi connectivity index (χ1v) is 12.2. The van der Waals surface area contributed by atoms with Gasteiger partial charge in [-0.3, -0.25) is 4.79 Å². The zero-order valence-corrected chi connectivity index (χ0v) is 19.7. The smallest absolute Gasteiger partial charge is 0.306 e. The lowest BCUT2D eigenvalue weighted by Gasteiger charge is -2.25. The summed E-state index contributed by atoms with van der Waals surface area (Å²) < 4.78 is 7.45.